The normalized spacial score (nSPS) is 19.3. The number of hydrogen-bond donors (Lipinski definition) is 2. The summed E-state index contributed by atoms with van der Waals surface area (Å²) in [4.78, 5) is 0. The number of ether oxygens (including phenoxy) is 1. The van der Waals surface area contributed by atoms with Crippen LogP contribution in [-0.2, 0) is 11.3 Å². The zero-order valence-corrected chi connectivity index (χ0v) is 10.1. The number of rotatable bonds is 5. The van der Waals surface area contributed by atoms with Gasteiger partial charge >= 0.3 is 0 Å². The molecule has 2 rings (SSSR count). The molecule has 1 fully saturated rings. The highest BCUT2D eigenvalue weighted by Gasteiger charge is 2.14. The van der Waals surface area contributed by atoms with Crippen LogP contribution in [0.5, 0.6) is 5.75 Å². The predicted molar refractivity (Wildman–Crippen MR) is 63.3 cm³/mol. The molecule has 1 aliphatic rings. The van der Waals surface area contributed by atoms with E-state index in [9.17, 15) is 8.78 Å². The Labute approximate surface area is 105 Å². The highest BCUT2D eigenvalue weighted by atomic mass is 19.1. The summed E-state index contributed by atoms with van der Waals surface area (Å²) in [6.45, 7) is 1.95. The van der Waals surface area contributed by atoms with Crippen molar-refractivity contribution in [3.8, 4) is 5.75 Å². The Bertz CT molecular complexity index is 383. The van der Waals surface area contributed by atoms with Crippen molar-refractivity contribution in [1.29, 1.82) is 0 Å². The van der Waals surface area contributed by atoms with E-state index < -0.39 is 17.4 Å². The van der Waals surface area contributed by atoms with Gasteiger partial charge in [0.2, 0.25) is 0 Å². The van der Waals surface area contributed by atoms with Gasteiger partial charge in [0.25, 0.3) is 0 Å². The van der Waals surface area contributed by atoms with Crippen LogP contribution < -0.4 is 5.32 Å². The molecule has 1 aliphatic heterocycles. The zero-order chi connectivity index (χ0) is 13.0. The van der Waals surface area contributed by atoms with Gasteiger partial charge in [0.15, 0.2) is 17.4 Å². The van der Waals surface area contributed by atoms with Crippen molar-refractivity contribution in [2.45, 2.75) is 31.9 Å². The van der Waals surface area contributed by atoms with Crippen molar-refractivity contribution in [1.82, 2.24) is 5.32 Å². The molecular formula is C13H17F2NO2. The molecule has 0 amide bonds. The Morgan fingerprint density at radius 1 is 1.33 bits per heavy atom. The number of benzene rings is 1. The van der Waals surface area contributed by atoms with Gasteiger partial charge in [-0.25, -0.2) is 8.78 Å². The molecule has 2 N–H and O–H groups in total. The van der Waals surface area contributed by atoms with E-state index in [1.165, 1.54) is 0 Å². The second-order valence-corrected chi connectivity index (χ2v) is 4.51. The first kappa shape index (κ1) is 13.2. The van der Waals surface area contributed by atoms with Crippen LogP contribution in [0.15, 0.2) is 12.1 Å². The Morgan fingerprint density at radius 2 is 2.06 bits per heavy atom. The van der Waals surface area contributed by atoms with E-state index in [-0.39, 0.29) is 0 Å². The molecule has 0 radical (unpaired) electrons. The monoisotopic (exact) mass is 257 g/mol. The maximum absolute atomic E-state index is 13.1. The average molecular weight is 257 g/mol. The third-order valence-electron chi connectivity index (χ3n) is 3.07. The van der Waals surface area contributed by atoms with Crippen LogP contribution in [0.4, 0.5) is 8.78 Å². The molecule has 0 spiro atoms. The lowest BCUT2D eigenvalue weighted by Crippen LogP contribution is -2.20. The summed E-state index contributed by atoms with van der Waals surface area (Å²) in [7, 11) is 0. The van der Waals surface area contributed by atoms with E-state index in [1.807, 2.05) is 0 Å². The quantitative estimate of drug-likeness (QED) is 0.795. The molecule has 0 bridgehead atoms. The van der Waals surface area contributed by atoms with Crippen molar-refractivity contribution < 1.29 is 18.6 Å². The molecule has 0 saturated carbocycles. The Morgan fingerprint density at radius 3 is 2.67 bits per heavy atom. The van der Waals surface area contributed by atoms with Gasteiger partial charge in [-0.1, -0.05) is 0 Å². The minimum atomic E-state index is -0.925. The molecular weight excluding hydrogens is 240 g/mol. The van der Waals surface area contributed by atoms with Gasteiger partial charge < -0.3 is 15.2 Å². The molecule has 1 aromatic carbocycles. The van der Waals surface area contributed by atoms with E-state index in [0.29, 0.717) is 18.2 Å². The molecule has 1 heterocycles. The van der Waals surface area contributed by atoms with E-state index in [0.717, 1.165) is 44.5 Å². The summed E-state index contributed by atoms with van der Waals surface area (Å²) in [6, 6.07) is 2.27. The fourth-order valence-corrected chi connectivity index (χ4v) is 2.09. The van der Waals surface area contributed by atoms with Gasteiger partial charge in [-0.05, 0) is 43.5 Å². The lowest BCUT2D eigenvalue weighted by atomic mass is 10.1. The first-order chi connectivity index (χ1) is 8.66. The van der Waals surface area contributed by atoms with Crippen LogP contribution in [-0.4, -0.2) is 24.4 Å². The minimum absolute atomic E-state index is 0.311. The van der Waals surface area contributed by atoms with Gasteiger partial charge in [0, 0.05) is 13.2 Å². The minimum Gasteiger partial charge on any atom is -0.503 e. The molecule has 3 nitrogen and oxygen atoms in total. The van der Waals surface area contributed by atoms with Gasteiger partial charge in [-0.15, -0.1) is 0 Å². The van der Waals surface area contributed by atoms with Gasteiger partial charge in [0.1, 0.15) is 0 Å². The Hall–Kier alpha value is -1.20. The number of aromatic hydroxyl groups is 1. The maximum Gasteiger partial charge on any atom is 0.187 e. The van der Waals surface area contributed by atoms with E-state index in [1.54, 1.807) is 0 Å². The second kappa shape index (κ2) is 6.11. The average Bonchev–Trinajstić information content (AvgIpc) is 2.84. The Kier molecular flexibility index (Phi) is 4.49. The highest BCUT2D eigenvalue weighted by Crippen LogP contribution is 2.21. The summed E-state index contributed by atoms with van der Waals surface area (Å²) in [6.07, 6.45) is 3.41. The van der Waals surface area contributed by atoms with Crippen LogP contribution in [0.3, 0.4) is 0 Å². The first-order valence-corrected chi connectivity index (χ1v) is 6.16. The van der Waals surface area contributed by atoms with Gasteiger partial charge in [0.05, 0.1) is 6.10 Å². The van der Waals surface area contributed by atoms with Crippen molar-refractivity contribution in [3.05, 3.63) is 29.3 Å². The Balaban J connectivity index is 1.76. The van der Waals surface area contributed by atoms with Crippen LogP contribution in [0.2, 0.25) is 0 Å². The highest BCUT2D eigenvalue weighted by molar-refractivity contribution is 5.29. The topological polar surface area (TPSA) is 41.5 Å². The third kappa shape index (κ3) is 3.40. The van der Waals surface area contributed by atoms with Crippen LogP contribution in [0.1, 0.15) is 24.8 Å². The number of phenolic OH excluding ortho intramolecular Hbond substituents is 1. The van der Waals surface area contributed by atoms with Crippen molar-refractivity contribution in [3.63, 3.8) is 0 Å². The number of halogens is 2. The van der Waals surface area contributed by atoms with Crippen molar-refractivity contribution in [2.24, 2.45) is 0 Å². The van der Waals surface area contributed by atoms with Gasteiger partial charge in [-0.2, -0.15) is 0 Å². The second-order valence-electron chi connectivity index (χ2n) is 4.51. The van der Waals surface area contributed by atoms with Crippen LogP contribution in [0.25, 0.3) is 0 Å². The summed E-state index contributed by atoms with van der Waals surface area (Å²) in [5, 5.41) is 12.1. The van der Waals surface area contributed by atoms with Crippen molar-refractivity contribution in [2.75, 3.05) is 13.2 Å². The zero-order valence-electron chi connectivity index (χ0n) is 10.1. The molecule has 5 heteroatoms. The molecule has 1 atom stereocenters. The SMILES string of the molecule is Oc1c(F)cc(CNCCC2CCCO2)cc1F. The smallest absolute Gasteiger partial charge is 0.187 e. The van der Waals surface area contributed by atoms with E-state index >= 15 is 0 Å². The molecule has 100 valence electrons. The molecule has 0 aliphatic carbocycles. The molecule has 1 saturated heterocycles. The lowest BCUT2D eigenvalue weighted by Gasteiger charge is -2.10. The molecule has 1 aromatic rings. The van der Waals surface area contributed by atoms with Crippen molar-refractivity contribution >= 4 is 0 Å². The summed E-state index contributed by atoms with van der Waals surface area (Å²) >= 11 is 0. The van der Waals surface area contributed by atoms with E-state index in [4.69, 9.17) is 9.84 Å². The maximum atomic E-state index is 13.1. The summed E-state index contributed by atoms with van der Waals surface area (Å²) in [5.41, 5.74) is 0.482. The number of nitrogens with one attached hydrogen (secondary N) is 1. The third-order valence-corrected chi connectivity index (χ3v) is 3.07. The molecule has 18 heavy (non-hydrogen) atoms. The summed E-state index contributed by atoms with van der Waals surface area (Å²) in [5.74, 6) is -2.77. The fourth-order valence-electron chi connectivity index (χ4n) is 2.09. The number of hydrogen-bond acceptors (Lipinski definition) is 3. The molecule has 0 aromatic heterocycles. The predicted octanol–water partition coefficient (Wildman–Crippen LogP) is 2.33. The fraction of sp³-hybridized carbons (Fsp3) is 0.538. The molecule has 1 unspecified atom stereocenters. The lowest BCUT2D eigenvalue weighted by molar-refractivity contribution is 0.104. The summed E-state index contributed by atoms with van der Waals surface area (Å²) < 4.78 is 31.6. The first-order valence-electron chi connectivity index (χ1n) is 6.16. The standard InChI is InChI=1S/C13H17F2NO2/c14-11-6-9(7-12(15)13(11)17)8-16-4-3-10-2-1-5-18-10/h6-7,10,16-17H,1-5,8H2. The largest absolute Gasteiger partial charge is 0.503 e. The van der Waals surface area contributed by atoms with E-state index in [2.05, 4.69) is 5.32 Å². The van der Waals surface area contributed by atoms with Crippen LogP contribution in [0, 0.1) is 11.6 Å². The number of phenols is 1. The van der Waals surface area contributed by atoms with Crippen LogP contribution >= 0.6 is 0 Å². The van der Waals surface area contributed by atoms with Gasteiger partial charge in [-0.3, -0.25) is 0 Å².